The average molecular weight is 365 g/mol. The van der Waals surface area contributed by atoms with Gasteiger partial charge in [-0.15, -0.1) is 0 Å². The van der Waals surface area contributed by atoms with Crippen LogP contribution in [0.15, 0.2) is 30.3 Å². The van der Waals surface area contributed by atoms with E-state index in [1.807, 2.05) is 11.4 Å². The Morgan fingerprint density at radius 2 is 1.81 bits per heavy atom. The Hall–Kier alpha value is -2.44. The molecular formula is C21H27N5O. The number of hydrogen-bond donors (Lipinski definition) is 1. The number of β-amino-alcohol motifs (C(OH)–C–C–N with tert-alkyl or cyclic N) is 1. The first-order chi connectivity index (χ1) is 13.1. The molecule has 3 heterocycles. The van der Waals surface area contributed by atoms with Crippen molar-refractivity contribution in [2.45, 2.75) is 20.8 Å². The molecule has 1 aromatic carbocycles. The van der Waals surface area contributed by atoms with E-state index in [2.05, 4.69) is 54.0 Å². The molecule has 0 aliphatic carbocycles. The number of anilines is 1. The first-order valence-corrected chi connectivity index (χ1v) is 9.59. The van der Waals surface area contributed by atoms with E-state index in [1.165, 1.54) is 5.56 Å². The lowest BCUT2D eigenvalue weighted by molar-refractivity contribution is 0.188. The minimum absolute atomic E-state index is 0.219. The highest BCUT2D eigenvalue weighted by Gasteiger charge is 2.22. The third-order valence-electron chi connectivity index (χ3n) is 5.33. The molecule has 0 bridgehead atoms. The van der Waals surface area contributed by atoms with Gasteiger partial charge in [-0.1, -0.05) is 23.8 Å². The number of aliphatic hydroxyl groups is 1. The number of aliphatic hydroxyl groups excluding tert-OH is 1. The monoisotopic (exact) mass is 365 g/mol. The zero-order valence-electron chi connectivity index (χ0n) is 16.3. The van der Waals surface area contributed by atoms with Gasteiger partial charge in [-0.25, -0.2) is 4.98 Å². The maximum absolute atomic E-state index is 9.16. The van der Waals surface area contributed by atoms with Crippen LogP contribution in [0.1, 0.15) is 16.8 Å². The molecule has 1 aliphatic heterocycles. The van der Waals surface area contributed by atoms with Gasteiger partial charge in [-0.3, -0.25) is 4.90 Å². The smallest absolute Gasteiger partial charge is 0.161 e. The summed E-state index contributed by atoms with van der Waals surface area (Å²) in [6, 6.07) is 10.6. The van der Waals surface area contributed by atoms with Crippen molar-refractivity contribution in [1.82, 2.24) is 19.5 Å². The van der Waals surface area contributed by atoms with E-state index in [0.29, 0.717) is 0 Å². The van der Waals surface area contributed by atoms with Gasteiger partial charge in [0.1, 0.15) is 5.82 Å². The van der Waals surface area contributed by atoms with Crippen LogP contribution in [0.25, 0.3) is 16.9 Å². The second-order valence-corrected chi connectivity index (χ2v) is 7.39. The number of fused-ring (bicyclic) bond motifs is 1. The molecule has 6 nitrogen and oxygen atoms in total. The fourth-order valence-corrected chi connectivity index (χ4v) is 3.86. The molecule has 4 rings (SSSR count). The fraction of sp³-hybridized carbons (Fsp3) is 0.429. The predicted molar refractivity (Wildman–Crippen MR) is 108 cm³/mol. The maximum Gasteiger partial charge on any atom is 0.161 e. The highest BCUT2D eigenvalue weighted by Crippen LogP contribution is 2.28. The van der Waals surface area contributed by atoms with Crippen LogP contribution in [0.2, 0.25) is 0 Å². The highest BCUT2D eigenvalue weighted by atomic mass is 16.3. The molecule has 0 spiro atoms. The van der Waals surface area contributed by atoms with Gasteiger partial charge >= 0.3 is 0 Å². The van der Waals surface area contributed by atoms with Crippen molar-refractivity contribution in [2.75, 3.05) is 44.2 Å². The van der Waals surface area contributed by atoms with Crippen molar-refractivity contribution >= 4 is 11.5 Å². The van der Waals surface area contributed by atoms with Gasteiger partial charge in [-0.2, -0.15) is 9.61 Å². The molecule has 142 valence electrons. The molecule has 27 heavy (non-hydrogen) atoms. The Labute approximate surface area is 160 Å². The molecule has 2 aromatic heterocycles. The van der Waals surface area contributed by atoms with Crippen LogP contribution in [-0.4, -0.2) is 63.9 Å². The number of hydrogen-bond acceptors (Lipinski definition) is 5. The van der Waals surface area contributed by atoms with Crippen LogP contribution < -0.4 is 4.90 Å². The van der Waals surface area contributed by atoms with Gasteiger partial charge in [0.2, 0.25) is 0 Å². The lowest BCUT2D eigenvalue weighted by atomic mass is 10.1. The topological polar surface area (TPSA) is 56.9 Å². The number of rotatable bonds is 4. The van der Waals surface area contributed by atoms with E-state index >= 15 is 0 Å². The molecule has 6 heteroatoms. The summed E-state index contributed by atoms with van der Waals surface area (Å²) in [5, 5.41) is 14.1. The zero-order chi connectivity index (χ0) is 19.0. The fourth-order valence-electron chi connectivity index (χ4n) is 3.86. The first kappa shape index (κ1) is 17.9. The normalized spacial score (nSPS) is 15.6. The zero-order valence-corrected chi connectivity index (χ0v) is 16.3. The molecule has 1 N–H and O–H groups in total. The Morgan fingerprint density at radius 3 is 2.52 bits per heavy atom. The Bertz CT molecular complexity index is 957. The van der Waals surface area contributed by atoms with Crippen LogP contribution in [-0.2, 0) is 0 Å². The van der Waals surface area contributed by atoms with E-state index in [4.69, 9.17) is 15.2 Å². The minimum Gasteiger partial charge on any atom is -0.395 e. The molecule has 0 amide bonds. The van der Waals surface area contributed by atoms with Crippen molar-refractivity contribution < 1.29 is 5.11 Å². The largest absolute Gasteiger partial charge is 0.395 e. The predicted octanol–water partition coefficient (Wildman–Crippen LogP) is 2.44. The average Bonchev–Trinajstić information content (AvgIpc) is 2.99. The van der Waals surface area contributed by atoms with Crippen molar-refractivity contribution in [1.29, 1.82) is 0 Å². The molecule has 0 unspecified atom stereocenters. The minimum atomic E-state index is 0.219. The van der Waals surface area contributed by atoms with Gasteiger partial charge in [-0.05, 0) is 26.8 Å². The van der Waals surface area contributed by atoms with Crippen LogP contribution in [0, 0.1) is 20.8 Å². The third-order valence-corrected chi connectivity index (χ3v) is 5.33. The molecule has 1 fully saturated rings. The van der Waals surface area contributed by atoms with Crippen molar-refractivity contribution in [3.05, 3.63) is 47.2 Å². The van der Waals surface area contributed by atoms with Gasteiger partial charge in [0.05, 0.1) is 12.3 Å². The molecule has 1 saturated heterocycles. The quantitative estimate of drug-likeness (QED) is 0.770. The summed E-state index contributed by atoms with van der Waals surface area (Å²) >= 11 is 0. The van der Waals surface area contributed by atoms with Crippen LogP contribution in [0.5, 0.6) is 0 Å². The van der Waals surface area contributed by atoms with Crippen LogP contribution in [0.4, 0.5) is 5.82 Å². The second-order valence-electron chi connectivity index (χ2n) is 7.39. The van der Waals surface area contributed by atoms with E-state index in [0.717, 1.165) is 66.7 Å². The summed E-state index contributed by atoms with van der Waals surface area (Å²) < 4.78 is 2.00. The van der Waals surface area contributed by atoms with Crippen molar-refractivity contribution in [3.8, 4) is 11.3 Å². The molecule has 0 saturated carbocycles. The van der Waals surface area contributed by atoms with Crippen LogP contribution in [0.3, 0.4) is 0 Å². The lowest BCUT2D eigenvalue weighted by Crippen LogP contribution is -2.47. The summed E-state index contributed by atoms with van der Waals surface area (Å²) in [7, 11) is 0. The molecule has 3 aromatic rings. The summed E-state index contributed by atoms with van der Waals surface area (Å²) in [4.78, 5) is 9.45. The van der Waals surface area contributed by atoms with E-state index < -0.39 is 0 Å². The number of piperazine rings is 1. The first-order valence-electron chi connectivity index (χ1n) is 9.59. The number of aromatic nitrogens is 3. The Balaban J connectivity index is 1.75. The van der Waals surface area contributed by atoms with E-state index in [-0.39, 0.29) is 6.61 Å². The Morgan fingerprint density at radius 1 is 1.04 bits per heavy atom. The number of nitrogens with zero attached hydrogens (tertiary/aromatic N) is 5. The highest BCUT2D eigenvalue weighted by molar-refractivity contribution is 5.72. The third kappa shape index (κ3) is 3.42. The van der Waals surface area contributed by atoms with Gasteiger partial charge in [0.15, 0.2) is 5.65 Å². The Kier molecular flexibility index (Phi) is 4.85. The maximum atomic E-state index is 9.16. The van der Waals surface area contributed by atoms with Gasteiger partial charge in [0, 0.05) is 55.6 Å². The summed E-state index contributed by atoms with van der Waals surface area (Å²) in [6.45, 7) is 11.0. The molecule has 0 radical (unpaired) electrons. The molecule has 1 aliphatic rings. The summed E-state index contributed by atoms with van der Waals surface area (Å²) in [5.74, 6) is 1.10. The number of benzene rings is 1. The lowest BCUT2D eigenvalue weighted by Gasteiger charge is -2.35. The van der Waals surface area contributed by atoms with Crippen molar-refractivity contribution in [3.63, 3.8) is 0 Å². The summed E-state index contributed by atoms with van der Waals surface area (Å²) in [6.07, 6.45) is 0. The summed E-state index contributed by atoms with van der Waals surface area (Å²) in [5.41, 5.74) is 6.41. The standard InChI is InChI=1S/C21H27N5O/c1-15-5-4-6-18(13-15)20-17(3)21-22-16(2)14-19(26(21)23-20)25-9-7-24(8-10-25)11-12-27/h4-6,13-14,27H,7-12H2,1-3H3. The SMILES string of the molecule is Cc1cccc(-c2nn3c(N4CCN(CCO)CC4)cc(C)nc3c2C)c1. The molecular weight excluding hydrogens is 338 g/mol. The van der Waals surface area contributed by atoms with Gasteiger partial charge in [0.25, 0.3) is 0 Å². The van der Waals surface area contributed by atoms with Crippen molar-refractivity contribution in [2.24, 2.45) is 0 Å². The van der Waals surface area contributed by atoms with Gasteiger partial charge < -0.3 is 10.0 Å². The van der Waals surface area contributed by atoms with E-state index in [1.54, 1.807) is 0 Å². The van der Waals surface area contributed by atoms with E-state index in [9.17, 15) is 0 Å². The van der Waals surface area contributed by atoms with Crippen LogP contribution >= 0.6 is 0 Å². The second kappa shape index (κ2) is 7.29. The molecule has 0 atom stereocenters. The number of aryl methyl sites for hydroxylation is 3.